The molecule has 44 heavy (non-hydrogen) atoms. The molecule has 0 atom stereocenters. The number of aliphatic carboxylic acids is 1. The van der Waals surface area contributed by atoms with Crippen molar-refractivity contribution in [2.75, 3.05) is 54.9 Å². The number of anilines is 2. The Hall–Kier alpha value is -4.03. The van der Waals surface area contributed by atoms with Gasteiger partial charge in [-0.1, -0.05) is 18.9 Å². The van der Waals surface area contributed by atoms with E-state index >= 15 is 0 Å². The zero-order chi connectivity index (χ0) is 32.3. The molecule has 9 nitrogen and oxygen atoms in total. The lowest BCUT2D eigenvalue weighted by Gasteiger charge is -2.28. The van der Waals surface area contributed by atoms with E-state index in [0.29, 0.717) is 53.0 Å². The Morgan fingerprint density at radius 3 is 2.18 bits per heavy atom. The average molecular weight is 641 g/mol. The Morgan fingerprint density at radius 1 is 1.02 bits per heavy atom. The van der Waals surface area contributed by atoms with Gasteiger partial charge >= 0.3 is 12.1 Å². The molecule has 0 unspecified atom stereocenters. The Bertz CT molecular complexity index is 1460. The lowest BCUT2D eigenvalue weighted by molar-refractivity contribution is -0.192. The maximum Gasteiger partial charge on any atom is 0.490 e. The van der Waals surface area contributed by atoms with E-state index in [1.807, 2.05) is 4.90 Å². The van der Waals surface area contributed by atoms with Crippen LogP contribution in [-0.2, 0) is 15.6 Å². The van der Waals surface area contributed by atoms with Crippen molar-refractivity contribution in [1.29, 1.82) is 5.26 Å². The SMILES string of the molecule is C1CCCNCC1.CNc1cc(-c2ccc(C#N)c(F)c2)n(-c2ccc(N3CCS(=O)CC3)c(F)c2)n1.O=C(O)C(F)(F)F. The van der Waals surface area contributed by atoms with Crippen molar-refractivity contribution in [1.82, 2.24) is 15.1 Å². The van der Waals surface area contributed by atoms with E-state index in [9.17, 15) is 26.2 Å². The molecule has 0 aliphatic carbocycles. The predicted molar refractivity (Wildman–Crippen MR) is 158 cm³/mol. The second-order valence-corrected chi connectivity index (χ2v) is 11.5. The van der Waals surface area contributed by atoms with Crippen LogP contribution in [0.25, 0.3) is 16.9 Å². The first-order chi connectivity index (χ1) is 20.9. The number of nitriles is 1. The van der Waals surface area contributed by atoms with Gasteiger partial charge in [0.15, 0.2) is 0 Å². The summed E-state index contributed by atoms with van der Waals surface area (Å²) in [6.07, 6.45) is 0.569. The van der Waals surface area contributed by atoms with Crippen LogP contribution in [0.15, 0.2) is 42.5 Å². The van der Waals surface area contributed by atoms with E-state index in [1.165, 1.54) is 61.7 Å². The number of nitrogens with one attached hydrogen (secondary N) is 2. The number of hydrogen-bond acceptors (Lipinski definition) is 7. The van der Waals surface area contributed by atoms with E-state index in [-0.39, 0.29) is 5.56 Å². The number of halogens is 5. The molecule has 0 radical (unpaired) electrons. The van der Waals surface area contributed by atoms with Gasteiger partial charge in [-0.15, -0.1) is 5.10 Å². The smallest absolute Gasteiger partial charge is 0.475 e. The van der Waals surface area contributed by atoms with Gasteiger partial charge in [0.25, 0.3) is 0 Å². The van der Waals surface area contributed by atoms with Crippen molar-refractivity contribution in [2.45, 2.75) is 31.9 Å². The first-order valence-electron chi connectivity index (χ1n) is 13.8. The molecule has 0 amide bonds. The van der Waals surface area contributed by atoms with Gasteiger partial charge in [-0.3, -0.25) is 4.21 Å². The summed E-state index contributed by atoms with van der Waals surface area (Å²) in [5, 5.41) is 26.8. The molecule has 0 spiro atoms. The van der Waals surface area contributed by atoms with Crippen molar-refractivity contribution in [2.24, 2.45) is 0 Å². The number of nitrogens with zero attached hydrogens (tertiary/aromatic N) is 4. The first-order valence-corrected chi connectivity index (χ1v) is 15.3. The summed E-state index contributed by atoms with van der Waals surface area (Å²) in [6, 6.07) is 12.7. The highest BCUT2D eigenvalue weighted by Gasteiger charge is 2.38. The van der Waals surface area contributed by atoms with Crippen LogP contribution in [0, 0.1) is 23.0 Å². The van der Waals surface area contributed by atoms with Crippen LogP contribution in [0.1, 0.15) is 31.2 Å². The zero-order valence-corrected chi connectivity index (χ0v) is 24.8. The number of carboxylic acids is 1. The molecular weight excluding hydrogens is 607 g/mol. The van der Waals surface area contributed by atoms with Gasteiger partial charge in [0, 0.05) is 60.1 Å². The summed E-state index contributed by atoms with van der Waals surface area (Å²) >= 11 is 0. The van der Waals surface area contributed by atoms with Gasteiger partial charge < -0.3 is 20.6 Å². The first kappa shape index (κ1) is 34.5. The van der Waals surface area contributed by atoms with Crippen molar-refractivity contribution >= 4 is 28.3 Å². The molecule has 238 valence electrons. The number of benzene rings is 2. The molecule has 3 heterocycles. The molecule has 3 aromatic rings. The molecule has 2 aliphatic rings. The minimum absolute atomic E-state index is 0.0449. The molecule has 1 aromatic heterocycles. The maximum absolute atomic E-state index is 14.9. The largest absolute Gasteiger partial charge is 0.490 e. The van der Waals surface area contributed by atoms with Crippen molar-refractivity contribution in [3.8, 4) is 23.0 Å². The van der Waals surface area contributed by atoms with E-state index in [4.69, 9.17) is 15.2 Å². The summed E-state index contributed by atoms with van der Waals surface area (Å²) in [6.45, 7) is 3.59. The summed E-state index contributed by atoms with van der Waals surface area (Å²) in [7, 11) is 0.870. The average Bonchev–Trinajstić information content (AvgIpc) is 3.20. The summed E-state index contributed by atoms with van der Waals surface area (Å²) in [5.41, 5.74) is 1.98. The molecule has 5 rings (SSSR count). The van der Waals surface area contributed by atoms with Crippen LogP contribution >= 0.6 is 0 Å². The molecule has 2 aliphatic heterocycles. The highest BCUT2D eigenvalue weighted by molar-refractivity contribution is 7.85. The Kier molecular flexibility index (Phi) is 12.7. The normalized spacial score (nSPS) is 15.5. The third kappa shape index (κ3) is 9.75. The second kappa shape index (κ2) is 16.2. The number of carboxylic acid groups (broad SMARTS) is 1. The molecule has 0 saturated carbocycles. The molecule has 2 aromatic carbocycles. The van der Waals surface area contributed by atoms with Crippen LogP contribution in [-0.4, -0.2) is 76.0 Å². The lowest BCUT2D eigenvalue weighted by Crippen LogP contribution is -2.38. The van der Waals surface area contributed by atoms with Crippen LogP contribution in [0.3, 0.4) is 0 Å². The number of aromatic nitrogens is 2. The molecular formula is C29H33F5N6O3S. The van der Waals surface area contributed by atoms with Crippen LogP contribution < -0.4 is 15.5 Å². The summed E-state index contributed by atoms with van der Waals surface area (Å²) in [4.78, 5) is 10.8. The van der Waals surface area contributed by atoms with Gasteiger partial charge in [0.1, 0.15) is 23.5 Å². The highest BCUT2D eigenvalue weighted by atomic mass is 32.2. The summed E-state index contributed by atoms with van der Waals surface area (Å²) < 4.78 is 73.9. The standard InChI is InChI=1S/C21H19F2N5OS.C6H13N.C2HF3O2/c1-25-21-12-20(14-2-3-15(13-24)17(22)10-14)28(26-21)16-4-5-19(18(23)11-16)27-6-8-30(29)9-7-27;1-2-4-6-7-5-3-1;3-2(4,5)1(6)7/h2-5,10-12H,6-9H2,1H3,(H,25,26);7H,1-6H2;(H,6,7). The highest BCUT2D eigenvalue weighted by Crippen LogP contribution is 2.30. The Morgan fingerprint density at radius 2 is 1.66 bits per heavy atom. The predicted octanol–water partition coefficient (Wildman–Crippen LogP) is 5.08. The van der Waals surface area contributed by atoms with Gasteiger partial charge in [0.2, 0.25) is 0 Å². The van der Waals surface area contributed by atoms with Crippen LogP contribution in [0.2, 0.25) is 0 Å². The number of alkyl halides is 3. The second-order valence-electron chi connectivity index (χ2n) is 9.82. The molecule has 2 saturated heterocycles. The number of rotatable bonds is 4. The number of hydrogen-bond donors (Lipinski definition) is 3. The quantitative estimate of drug-likeness (QED) is 0.338. The zero-order valence-electron chi connectivity index (χ0n) is 24.0. The monoisotopic (exact) mass is 640 g/mol. The molecule has 15 heteroatoms. The minimum Gasteiger partial charge on any atom is -0.475 e. The third-order valence-corrected chi connectivity index (χ3v) is 8.02. The van der Waals surface area contributed by atoms with Crippen molar-refractivity contribution < 1.29 is 36.1 Å². The van der Waals surface area contributed by atoms with Gasteiger partial charge in [-0.05, 0) is 50.2 Å². The third-order valence-electron chi connectivity index (χ3n) is 6.74. The van der Waals surface area contributed by atoms with E-state index in [1.54, 1.807) is 37.4 Å². The van der Waals surface area contributed by atoms with Crippen molar-refractivity contribution in [3.05, 3.63) is 59.7 Å². The van der Waals surface area contributed by atoms with Crippen LogP contribution in [0.5, 0.6) is 0 Å². The lowest BCUT2D eigenvalue weighted by atomic mass is 10.1. The molecule has 0 bridgehead atoms. The number of carbonyl (C=O) groups is 1. The molecule has 2 fully saturated rings. The van der Waals surface area contributed by atoms with Crippen LogP contribution in [0.4, 0.5) is 33.5 Å². The Balaban J connectivity index is 0.000000311. The Labute approximate surface area is 254 Å². The van der Waals surface area contributed by atoms with E-state index in [0.717, 1.165) is 0 Å². The fourth-order valence-electron chi connectivity index (χ4n) is 4.41. The van der Waals surface area contributed by atoms with Gasteiger partial charge in [0.05, 0.1) is 22.6 Å². The van der Waals surface area contributed by atoms with Gasteiger partial charge in [-0.25, -0.2) is 18.3 Å². The van der Waals surface area contributed by atoms with E-state index in [2.05, 4.69) is 15.7 Å². The summed E-state index contributed by atoms with van der Waals surface area (Å²) in [5.74, 6) is -2.19. The minimum atomic E-state index is -5.08. The van der Waals surface area contributed by atoms with Gasteiger partial charge in [-0.2, -0.15) is 18.4 Å². The fraction of sp³-hybridized carbons (Fsp3) is 0.414. The fourth-order valence-corrected chi connectivity index (χ4v) is 5.46. The van der Waals surface area contributed by atoms with Crippen molar-refractivity contribution in [3.63, 3.8) is 0 Å². The topological polar surface area (TPSA) is 123 Å². The molecule has 3 N–H and O–H groups in total. The van der Waals surface area contributed by atoms with E-state index < -0.39 is 34.6 Å². The maximum atomic E-state index is 14.9.